The van der Waals surface area contributed by atoms with E-state index in [1.807, 2.05) is 6.92 Å². The number of nitrogens with one attached hydrogen (secondary N) is 1. The van der Waals surface area contributed by atoms with Crippen LogP contribution in [-0.2, 0) is 0 Å². The van der Waals surface area contributed by atoms with Crippen molar-refractivity contribution in [3.63, 3.8) is 0 Å². The van der Waals surface area contributed by atoms with E-state index < -0.39 is 0 Å². The Bertz CT molecular complexity index is 431. The molecule has 0 unspecified atom stereocenters. The summed E-state index contributed by atoms with van der Waals surface area (Å²) in [7, 11) is 0. The first kappa shape index (κ1) is 16.3. The smallest absolute Gasteiger partial charge is 0.251 e. The molecule has 0 bridgehead atoms. The van der Waals surface area contributed by atoms with Gasteiger partial charge in [-0.05, 0) is 38.2 Å². The molecular formula is C15H25N3O2. The minimum Gasteiger partial charge on any atom is -0.490 e. The molecule has 0 aliphatic carbocycles. The number of benzene rings is 1. The number of hydrogen-bond donors (Lipinski definition) is 2. The second-order valence-electron chi connectivity index (χ2n) is 4.49. The van der Waals surface area contributed by atoms with Gasteiger partial charge in [0.25, 0.3) is 5.91 Å². The summed E-state index contributed by atoms with van der Waals surface area (Å²) >= 11 is 0. The predicted molar refractivity (Wildman–Crippen MR) is 82.1 cm³/mol. The number of hydrogen-bond acceptors (Lipinski definition) is 4. The molecule has 0 fully saturated rings. The van der Waals surface area contributed by atoms with E-state index in [0.717, 1.165) is 19.6 Å². The van der Waals surface area contributed by atoms with Crippen LogP contribution in [0.1, 0.15) is 31.1 Å². The van der Waals surface area contributed by atoms with Crippen LogP contribution in [0.4, 0.5) is 5.69 Å². The molecule has 1 amide bonds. The normalized spacial score (nSPS) is 10.6. The van der Waals surface area contributed by atoms with Crippen LogP contribution in [0.25, 0.3) is 0 Å². The average molecular weight is 279 g/mol. The van der Waals surface area contributed by atoms with E-state index in [1.165, 1.54) is 0 Å². The Labute approximate surface area is 121 Å². The van der Waals surface area contributed by atoms with Crippen LogP contribution >= 0.6 is 0 Å². The van der Waals surface area contributed by atoms with Gasteiger partial charge < -0.3 is 20.7 Å². The Hall–Kier alpha value is -1.75. The number of likely N-dealkylation sites (N-methyl/N-ethyl adjacent to an activating group) is 1. The standard InChI is InChI=1S/C15H25N3O2/c1-4-17-15(19)12-7-8-14(13(16)11-12)20-10-9-18(5-2)6-3/h7-8,11H,4-6,9-10,16H2,1-3H3,(H,17,19). The number of carbonyl (C=O) groups excluding carboxylic acids is 1. The van der Waals surface area contributed by atoms with Crippen molar-refractivity contribution in [2.45, 2.75) is 20.8 Å². The first-order valence-electron chi connectivity index (χ1n) is 7.15. The first-order valence-corrected chi connectivity index (χ1v) is 7.15. The van der Waals surface area contributed by atoms with E-state index >= 15 is 0 Å². The van der Waals surface area contributed by atoms with Crippen LogP contribution in [0.15, 0.2) is 18.2 Å². The van der Waals surface area contributed by atoms with E-state index in [1.54, 1.807) is 18.2 Å². The van der Waals surface area contributed by atoms with Crippen LogP contribution in [-0.4, -0.2) is 43.6 Å². The van der Waals surface area contributed by atoms with Crippen molar-refractivity contribution in [1.29, 1.82) is 0 Å². The van der Waals surface area contributed by atoms with Gasteiger partial charge >= 0.3 is 0 Å². The van der Waals surface area contributed by atoms with E-state index in [4.69, 9.17) is 10.5 Å². The molecule has 0 atom stereocenters. The topological polar surface area (TPSA) is 67.6 Å². The lowest BCUT2D eigenvalue weighted by Crippen LogP contribution is -2.28. The number of amides is 1. The maximum absolute atomic E-state index is 11.7. The lowest BCUT2D eigenvalue weighted by atomic mass is 10.2. The molecule has 0 aliphatic heterocycles. The van der Waals surface area contributed by atoms with Crippen LogP contribution in [0.5, 0.6) is 5.75 Å². The van der Waals surface area contributed by atoms with Crippen LogP contribution in [0.3, 0.4) is 0 Å². The SMILES string of the molecule is CCNC(=O)c1ccc(OCCN(CC)CC)c(N)c1. The van der Waals surface area contributed by atoms with Crippen molar-refractivity contribution in [2.24, 2.45) is 0 Å². The van der Waals surface area contributed by atoms with Gasteiger partial charge in [-0.1, -0.05) is 13.8 Å². The molecule has 112 valence electrons. The van der Waals surface area contributed by atoms with Gasteiger partial charge in [0.1, 0.15) is 12.4 Å². The van der Waals surface area contributed by atoms with Gasteiger partial charge in [-0.15, -0.1) is 0 Å². The predicted octanol–water partition coefficient (Wildman–Crippen LogP) is 1.74. The molecule has 0 heterocycles. The first-order chi connectivity index (χ1) is 9.62. The van der Waals surface area contributed by atoms with Crippen LogP contribution < -0.4 is 15.8 Å². The number of nitrogen functional groups attached to an aromatic ring is 1. The third-order valence-electron chi connectivity index (χ3n) is 3.17. The number of ether oxygens (including phenoxy) is 1. The number of nitrogens with zero attached hydrogens (tertiary/aromatic N) is 1. The minimum atomic E-state index is -0.117. The third-order valence-corrected chi connectivity index (χ3v) is 3.17. The molecule has 0 radical (unpaired) electrons. The molecule has 0 aromatic heterocycles. The largest absolute Gasteiger partial charge is 0.490 e. The van der Waals surface area contributed by atoms with E-state index in [2.05, 4.69) is 24.1 Å². The monoisotopic (exact) mass is 279 g/mol. The summed E-state index contributed by atoms with van der Waals surface area (Å²) in [6.07, 6.45) is 0. The highest BCUT2D eigenvalue weighted by molar-refractivity contribution is 5.95. The lowest BCUT2D eigenvalue weighted by molar-refractivity contribution is 0.0956. The molecule has 20 heavy (non-hydrogen) atoms. The quantitative estimate of drug-likeness (QED) is 0.711. The van der Waals surface area contributed by atoms with Crippen molar-refractivity contribution in [1.82, 2.24) is 10.2 Å². The number of anilines is 1. The average Bonchev–Trinajstić information content (AvgIpc) is 2.45. The maximum atomic E-state index is 11.7. The fourth-order valence-electron chi connectivity index (χ4n) is 1.91. The summed E-state index contributed by atoms with van der Waals surface area (Å²) in [5, 5.41) is 2.74. The zero-order valence-electron chi connectivity index (χ0n) is 12.6. The Morgan fingerprint density at radius 2 is 2.00 bits per heavy atom. The molecule has 1 aromatic rings. The van der Waals surface area contributed by atoms with Gasteiger partial charge in [-0.3, -0.25) is 4.79 Å². The van der Waals surface area contributed by atoms with Crippen molar-refractivity contribution >= 4 is 11.6 Å². The Morgan fingerprint density at radius 1 is 1.30 bits per heavy atom. The molecule has 5 heteroatoms. The number of nitrogens with two attached hydrogens (primary N) is 1. The lowest BCUT2D eigenvalue weighted by Gasteiger charge is -2.18. The van der Waals surface area contributed by atoms with Crippen molar-refractivity contribution in [3.8, 4) is 5.75 Å². The van der Waals surface area contributed by atoms with Gasteiger partial charge in [0.15, 0.2) is 0 Å². The fourth-order valence-corrected chi connectivity index (χ4v) is 1.91. The van der Waals surface area contributed by atoms with Gasteiger partial charge in [0.2, 0.25) is 0 Å². The zero-order valence-corrected chi connectivity index (χ0v) is 12.6. The second-order valence-corrected chi connectivity index (χ2v) is 4.49. The van der Waals surface area contributed by atoms with Crippen LogP contribution in [0.2, 0.25) is 0 Å². The molecule has 0 saturated carbocycles. The Kier molecular flexibility index (Phi) is 6.87. The van der Waals surface area contributed by atoms with Crippen molar-refractivity contribution < 1.29 is 9.53 Å². The molecule has 5 nitrogen and oxygen atoms in total. The van der Waals surface area contributed by atoms with E-state index in [-0.39, 0.29) is 5.91 Å². The molecule has 0 spiro atoms. The summed E-state index contributed by atoms with van der Waals surface area (Å²) in [5.74, 6) is 0.513. The van der Waals surface area contributed by atoms with Gasteiger partial charge in [-0.25, -0.2) is 0 Å². The zero-order chi connectivity index (χ0) is 15.0. The Morgan fingerprint density at radius 3 is 2.55 bits per heavy atom. The van der Waals surface area contributed by atoms with E-state index in [0.29, 0.717) is 30.2 Å². The molecular weight excluding hydrogens is 254 g/mol. The summed E-state index contributed by atoms with van der Waals surface area (Å²) in [4.78, 5) is 14.0. The molecule has 0 saturated heterocycles. The maximum Gasteiger partial charge on any atom is 0.251 e. The fraction of sp³-hybridized carbons (Fsp3) is 0.533. The highest BCUT2D eigenvalue weighted by atomic mass is 16.5. The molecule has 1 rings (SSSR count). The summed E-state index contributed by atoms with van der Waals surface area (Å²) in [6, 6.07) is 5.13. The second kappa shape index (κ2) is 8.43. The molecule has 1 aromatic carbocycles. The van der Waals surface area contributed by atoms with Crippen molar-refractivity contribution in [2.75, 3.05) is 38.5 Å². The summed E-state index contributed by atoms with van der Waals surface area (Å²) in [6.45, 7) is 10.2. The summed E-state index contributed by atoms with van der Waals surface area (Å²) < 4.78 is 5.67. The van der Waals surface area contributed by atoms with Gasteiger partial charge in [0, 0.05) is 18.7 Å². The van der Waals surface area contributed by atoms with E-state index in [9.17, 15) is 4.79 Å². The van der Waals surface area contributed by atoms with Gasteiger partial charge in [-0.2, -0.15) is 0 Å². The number of carbonyl (C=O) groups is 1. The number of rotatable bonds is 8. The highest BCUT2D eigenvalue weighted by Gasteiger charge is 2.08. The molecule has 0 aliphatic rings. The van der Waals surface area contributed by atoms with Crippen LogP contribution in [0, 0.1) is 0 Å². The minimum absolute atomic E-state index is 0.117. The summed E-state index contributed by atoms with van der Waals surface area (Å²) in [5.41, 5.74) is 6.97. The van der Waals surface area contributed by atoms with Crippen molar-refractivity contribution in [3.05, 3.63) is 23.8 Å². The Balaban J connectivity index is 2.58. The highest BCUT2D eigenvalue weighted by Crippen LogP contribution is 2.22. The van der Waals surface area contributed by atoms with Gasteiger partial charge in [0.05, 0.1) is 5.69 Å². The third kappa shape index (κ3) is 4.74. The molecule has 3 N–H and O–H groups in total.